The molecule has 0 spiro atoms. The normalized spacial score (nSPS) is 9.56. The summed E-state index contributed by atoms with van der Waals surface area (Å²) in [6.45, 7) is 1.86. The molecular formula is C11H11ClN2O2. The van der Waals surface area contributed by atoms with Crippen LogP contribution in [0.15, 0.2) is 36.5 Å². The van der Waals surface area contributed by atoms with Crippen LogP contribution in [0.4, 0.5) is 0 Å². The Morgan fingerprint density at radius 2 is 2.00 bits per heavy atom. The Labute approximate surface area is 98.9 Å². The molecule has 0 bridgehead atoms. The predicted octanol–water partition coefficient (Wildman–Crippen LogP) is 2.30. The summed E-state index contributed by atoms with van der Waals surface area (Å²) in [5, 5.41) is 13.2. The average molecular weight is 239 g/mol. The number of para-hydroxylation sites is 1. The zero-order valence-corrected chi connectivity index (χ0v) is 9.44. The van der Waals surface area contributed by atoms with Gasteiger partial charge in [0.1, 0.15) is 0 Å². The van der Waals surface area contributed by atoms with Gasteiger partial charge in [-0.15, -0.1) is 12.4 Å². The highest BCUT2D eigenvalue weighted by molar-refractivity contribution is 5.91. The van der Waals surface area contributed by atoms with Gasteiger partial charge in [0.2, 0.25) is 0 Å². The van der Waals surface area contributed by atoms with Crippen LogP contribution in [-0.4, -0.2) is 20.9 Å². The minimum atomic E-state index is -0.946. The highest BCUT2D eigenvalue weighted by atomic mass is 35.5. The van der Waals surface area contributed by atoms with Gasteiger partial charge in [0.15, 0.2) is 0 Å². The van der Waals surface area contributed by atoms with E-state index in [-0.39, 0.29) is 18.0 Å². The van der Waals surface area contributed by atoms with Gasteiger partial charge in [-0.25, -0.2) is 9.48 Å². The Hall–Kier alpha value is -1.81. The fourth-order valence-corrected chi connectivity index (χ4v) is 1.40. The van der Waals surface area contributed by atoms with Crippen LogP contribution in [-0.2, 0) is 0 Å². The van der Waals surface area contributed by atoms with E-state index in [1.807, 2.05) is 13.0 Å². The number of carboxylic acids is 1. The van der Waals surface area contributed by atoms with Gasteiger partial charge in [-0.05, 0) is 25.1 Å². The number of aromatic nitrogens is 2. The third-order valence-corrected chi connectivity index (χ3v) is 2.10. The number of halogens is 1. The first-order chi connectivity index (χ1) is 7.18. The summed E-state index contributed by atoms with van der Waals surface area (Å²) in [4.78, 5) is 11.0. The highest BCUT2D eigenvalue weighted by Crippen LogP contribution is 2.13. The van der Waals surface area contributed by atoms with Crippen LogP contribution in [0.25, 0.3) is 5.69 Å². The third-order valence-electron chi connectivity index (χ3n) is 2.10. The van der Waals surface area contributed by atoms with Crippen molar-refractivity contribution < 1.29 is 9.90 Å². The van der Waals surface area contributed by atoms with Crippen molar-refractivity contribution in [1.82, 2.24) is 9.78 Å². The Balaban J connectivity index is 0.00000128. The molecule has 2 aromatic rings. The van der Waals surface area contributed by atoms with Crippen LogP contribution >= 0.6 is 12.4 Å². The second-order valence-electron chi connectivity index (χ2n) is 3.22. The predicted molar refractivity (Wildman–Crippen MR) is 62.5 cm³/mol. The van der Waals surface area contributed by atoms with E-state index in [1.165, 1.54) is 0 Å². The molecule has 4 nitrogen and oxygen atoms in total. The SMILES string of the molecule is Cc1ccn(-c2ccccc2C(=O)O)n1.Cl. The summed E-state index contributed by atoms with van der Waals surface area (Å²) in [6.07, 6.45) is 1.75. The fraction of sp³-hybridized carbons (Fsp3) is 0.0909. The van der Waals surface area contributed by atoms with Crippen LogP contribution in [0.5, 0.6) is 0 Å². The summed E-state index contributed by atoms with van der Waals surface area (Å²) in [5.41, 5.74) is 1.69. The van der Waals surface area contributed by atoms with Crippen molar-refractivity contribution in [2.24, 2.45) is 0 Å². The summed E-state index contributed by atoms with van der Waals surface area (Å²) in [6, 6.07) is 8.62. The van der Waals surface area contributed by atoms with E-state index in [0.29, 0.717) is 5.69 Å². The highest BCUT2D eigenvalue weighted by Gasteiger charge is 2.10. The van der Waals surface area contributed by atoms with E-state index in [0.717, 1.165) is 5.69 Å². The van der Waals surface area contributed by atoms with Gasteiger partial charge < -0.3 is 5.11 Å². The molecule has 5 heteroatoms. The molecule has 0 aliphatic rings. The second-order valence-corrected chi connectivity index (χ2v) is 3.22. The molecule has 16 heavy (non-hydrogen) atoms. The maximum absolute atomic E-state index is 11.0. The Morgan fingerprint density at radius 3 is 2.56 bits per heavy atom. The molecule has 0 amide bonds. The third kappa shape index (κ3) is 2.23. The molecule has 0 saturated carbocycles. The molecule has 1 aromatic carbocycles. The molecule has 0 atom stereocenters. The topological polar surface area (TPSA) is 55.1 Å². The van der Waals surface area contributed by atoms with Crippen molar-refractivity contribution in [3.05, 3.63) is 47.8 Å². The van der Waals surface area contributed by atoms with Crippen LogP contribution in [0.3, 0.4) is 0 Å². The molecule has 0 saturated heterocycles. The Kier molecular flexibility index (Phi) is 3.68. The minimum Gasteiger partial charge on any atom is -0.478 e. The maximum atomic E-state index is 11.0. The number of benzene rings is 1. The standard InChI is InChI=1S/C11H10N2O2.ClH/c1-8-6-7-13(12-8)10-5-3-2-4-9(10)11(14)15;/h2-7H,1H3,(H,14,15);1H. The summed E-state index contributed by atoms with van der Waals surface area (Å²) in [5.74, 6) is -0.946. The Morgan fingerprint density at radius 1 is 1.31 bits per heavy atom. The van der Waals surface area contributed by atoms with Crippen molar-refractivity contribution in [2.75, 3.05) is 0 Å². The lowest BCUT2D eigenvalue weighted by Crippen LogP contribution is -2.05. The number of carboxylic acid groups (broad SMARTS) is 1. The smallest absolute Gasteiger partial charge is 0.337 e. The first kappa shape index (κ1) is 12.3. The number of aromatic carboxylic acids is 1. The van der Waals surface area contributed by atoms with Crippen LogP contribution in [0.1, 0.15) is 16.1 Å². The number of aryl methyl sites for hydroxylation is 1. The zero-order chi connectivity index (χ0) is 10.8. The lowest BCUT2D eigenvalue weighted by Gasteiger charge is -2.04. The van der Waals surface area contributed by atoms with Gasteiger partial charge in [-0.3, -0.25) is 0 Å². The van der Waals surface area contributed by atoms with Gasteiger partial charge in [-0.1, -0.05) is 12.1 Å². The molecule has 1 N–H and O–H groups in total. The number of rotatable bonds is 2. The van der Waals surface area contributed by atoms with Gasteiger partial charge in [0.05, 0.1) is 16.9 Å². The van der Waals surface area contributed by atoms with Crippen molar-refractivity contribution in [3.63, 3.8) is 0 Å². The van der Waals surface area contributed by atoms with Crippen molar-refractivity contribution in [3.8, 4) is 5.69 Å². The van der Waals surface area contributed by atoms with Crippen LogP contribution in [0, 0.1) is 6.92 Å². The van der Waals surface area contributed by atoms with E-state index in [9.17, 15) is 4.79 Å². The molecule has 2 rings (SSSR count). The lowest BCUT2D eigenvalue weighted by molar-refractivity contribution is 0.0696. The second kappa shape index (κ2) is 4.81. The number of carbonyl (C=O) groups is 1. The summed E-state index contributed by atoms with van der Waals surface area (Å²) < 4.78 is 1.57. The summed E-state index contributed by atoms with van der Waals surface area (Å²) in [7, 11) is 0. The van der Waals surface area contributed by atoms with Gasteiger partial charge in [-0.2, -0.15) is 5.10 Å². The first-order valence-corrected chi connectivity index (χ1v) is 4.53. The largest absolute Gasteiger partial charge is 0.478 e. The number of hydrogen-bond donors (Lipinski definition) is 1. The van der Waals surface area contributed by atoms with Gasteiger partial charge >= 0.3 is 5.97 Å². The molecule has 0 fully saturated rings. The maximum Gasteiger partial charge on any atom is 0.337 e. The summed E-state index contributed by atoms with van der Waals surface area (Å²) >= 11 is 0. The van der Waals surface area contributed by atoms with Crippen LogP contribution < -0.4 is 0 Å². The van der Waals surface area contributed by atoms with E-state index in [4.69, 9.17) is 5.11 Å². The van der Waals surface area contributed by atoms with E-state index in [2.05, 4.69) is 5.10 Å². The molecule has 0 unspecified atom stereocenters. The molecule has 1 aromatic heterocycles. The monoisotopic (exact) mass is 238 g/mol. The molecular weight excluding hydrogens is 228 g/mol. The van der Waals surface area contributed by atoms with Crippen molar-refractivity contribution in [2.45, 2.75) is 6.92 Å². The number of nitrogens with zero attached hydrogens (tertiary/aromatic N) is 2. The molecule has 0 aliphatic carbocycles. The fourth-order valence-electron chi connectivity index (χ4n) is 1.40. The zero-order valence-electron chi connectivity index (χ0n) is 8.62. The quantitative estimate of drug-likeness (QED) is 0.874. The van der Waals surface area contributed by atoms with E-state index < -0.39 is 5.97 Å². The Bertz CT molecular complexity index is 508. The molecule has 0 aliphatic heterocycles. The van der Waals surface area contributed by atoms with Gasteiger partial charge in [0.25, 0.3) is 0 Å². The molecule has 0 radical (unpaired) electrons. The van der Waals surface area contributed by atoms with E-state index in [1.54, 1.807) is 35.1 Å². The van der Waals surface area contributed by atoms with Gasteiger partial charge in [0, 0.05) is 6.20 Å². The van der Waals surface area contributed by atoms with Crippen LogP contribution in [0.2, 0.25) is 0 Å². The van der Waals surface area contributed by atoms with Crippen molar-refractivity contribution in [1.29, 1.82) is 0 Å². The minimum absolute atomic E-state index is 0. The average Bonchev–Trinajstić information content (AvgIpc) is 2.65. The molecule has 1 heterocycles. The first-order valence-electron chi connectivity index (χ1n) is 4.53. The molecule has 84 valence electrons. The van der Waals surface area contributed by atoms with E-state index >= 15 is 0 Å². The lowest BCUT2D eigenvalue weighted by atomic mass is 10.2. The van der Waals surface area contributed by atoms with Crippen molar-refractivity contribution >= 4 is 18.4 Å². The number of hydrogen-bond acceptors (Lipinski definition) is 2.